The Labute approximate surface area is 212 Å². The van der Waals surface area contributed by atoms with Crippen LogP contribution in [0.3, 0.4) is 0 Å². The molecule has 34 heavy (non-hydrogen) atoms. The van der Waals surface area contributed by atoms with Gasteiger partial charge in [0, 0.05) is 0 Å². The summed E-state index contributed by atoms with van der Waals surface area (Å²) in [7, 11) is -1.16. The molecular formula is C24H23IN2O6S. The number of nitrogens with zero attached hydrogens (tertiary/aromatic N) is 1. The summed E-state index contributed by atoms with van der Waals surface area (Å²) in [6.07, 6.45) is 1.42. The van der Waals surface area contributed by atoms with Crippen molar-refractivity contribution in [2.45, 2.75) is 18.7 Å². The van der Waals surface area contributed by atoms with Gasteiger partial charge in [0.1, 0.15) is 10.6 Å². The monoisotopic (exact) mass is 594 g/mol. The van der Waals surface area contributed by atoms with Gasteiger partial charge in [-0.3, -0.25) is 4.79 Å². The molecule has 0 saturated carbocycles. The molecule has 0 atom stereocenters. The molecule has 178 valence electrons. The molecule has 1 N–H and O–H groups in total. The highest BCUT2D eigenvalue weighted by Gasteiger charge is 2.22. The lowest BCUT2D eigenvalue weighted by Crippen LogP contribution is -2.18. The zero-order valence-corrected chi connectivity index (χ0v) is 21.9. The first-order chi connectivity index (χ1) is 16.1. The van der Waals surface area contributed by atoms with Crippen molar-refractivity contribution < 1.29 is 26.9 Å². The summed E-state index contributed by atoms with van der Waals surface area (Å²) in [5.74, 6) is 0.281. The number of carbonyl (C=O) groups excluding carboxylic acids is 1. The number of benzene rings is 3. The van der Waals surface area contributed by atoms with Gasteiger partial charge in [-0.1, -0.05) is 23.8 Å². The van der Waals surface area contributed by atoms with Crippen molar-refractivity contribution in [2.75, 3.05) is 14.2 Å². The van der Waals surface area contributed by atoms with E-state index >= 15 is 0 Å². The standard InChI is InChI=1S/C24H23IN2O6S/c1-15-5-8-18(9-6-15)34(29,30)33-23-20(25)12-17(13-22(23)32-4)14-26-27-24(28)19-10-7-16(2)11-21(19)31-3/h5-14H,1-4H3,(H,27,28)/b26-14-. The molecule has 0 aliphatic rings. The number of nitrogens with one attached hydrogen (secondary N) is 1. The van der Waals surface area contributed by atoms with Crippen LogP contribution in [-0.4, -0.2) is 34.8 Å². The van der Waals surface area contributed by atoms with Gasteiger partial charge in [0.25, 0.3) is 5.91 Å². The molecule has 0 fully saturated rings. The predicted octanol–water partition coefficient (Wildman–Crippen LogP) is 4.46. The quantitative estimate of drug-likeness (QED) is 0.179. The maximum atomic E-state index is 12.7. The summed E-state index contributed by atoms with van der Waals surface area (Å²) in [4.78, 5) is 12.5. The van der Waals surface area contributed by atoms with E-state index in [4.69, 9.17) is 13.7 Å². The molecule has 10 heteroatoms. The highest BCUT2D eigenvalue weighted by Crippen LogP contribution is 2.35. The average molecular weight is 594 g/mol. The van der Waals surface area contributed by atoms with E-state index < -0.39 is 16.0 Å². The van der Waals surface area contributed by atoms with Crippen LogP contribution < -0.4 is 19.1 Å². The lowest BCUT2D eigenvalue weighted by Gasteiger charge is -2.13. The van der Waals surface area contributed by atoms with Gasteiger partial charge < -0.3 is 13.7 Å². The fourth-order valence-corrected chi connectivity index (χ4v) is 4.81. The number of methoxy groups -OCH3 is 2. The Morgan fingerprint density at radius 2 is 1.59 bits per heavy atom. The fourth-order valence-electron chi connectivity index (χ4n) is 2.97. The Balaban J connectivity index is 1.80. The van der Waals surface area contributed by atoms with Crippen molar-refractivity contribution in [1.29, 1.82) is 0 Å². The van der Waals surface area contributed by atoms with Crippen molar-refractivity contribution in [3.05, 3.63) is 80.4 Å². The third-order valence-corrected chi connectivity index (χ3v) is 6.77. The van der Waals surface area contributed by atoms with Gasteiger partial charge in [-0.05, 0) is 84.0 Å². The predicted molar refractivity (Wildman–Crippen MR) is 137 cm³/mol. The van der Waals surface area contributed by atoms with E-state index in [0.717, 1.165) is 11.1 Å². The van der Waals surface area contributed by atoms with E-state index in [-0.39, 0.29) is 16.4 Å². The van der Waals surface area contributed by atoms with Crippen LogP contribution >= 0.6 is 22.6 Å². The zero-order chi connectivity index (χ0) is 24.9. The van der Waals surface area contributed by atoms with Gasteiger partial charge in [-0.15, -0.1) is 0 Å². The number of hydrogen-bond acceptors (Lipinski definition) is 7. The Morgan fingerprint density at radius 1 is 0.941 bits per heavy atom. The second kappa shape index (κ2) is 10.9. The number of amides is 1. The molecule has 0 aromatic heterocycles. The molecule has 0 aliphatic heterocycles. The van der Waals surface area contributed by atoms with Gasteiger partial charge in [0.2, 0.25) is 0 Å². The number of rotatable bonds is 8. The molecule has 3 rings (SSSR count). The first kappa shape index (κ1) is 25.5. The minimum absolute atomic E-state index is 0.0378. The molecule has 0 spiro atoms. The zero-order valence-electron chi connectivity index (χ0n) is 19.0. The van der Waals surface area contributed by atoms with Crippen LogP contribution in [0.4, 0.5) is 0 Å². The molecule has 0 heterocycles. The molecule has 1 amide bonds. The van der Waals surface area contributed by atoms with Crippen molar-refractivity contribution in [3.63, 3.8) is 0 Å². The van der Waals surface area contributed by atoms with E-state index in [0.29, 0.717) is 20.4 Å². The lowest BCUT2D eigenvalue weighted by atomic mass is 10.1. The van der Waals surface area contributed by atoms with Gasteiger partial charge in [-0.25, -0.2) is 5.43 Å². The number of halogens is 1. The minimum Gasteiger partial charge on any atom is -0.496 e. The summed E-state index contributed by atoms with van der Waals surface area (Å²) in [6, 6.07) is 14.8. The molecule has 0 aliphatic carbocycles. The largest absolute Gasteiger partial charge is 0.496 e. The maximum Gasteiger partial charge on any atom is 0.339 e. The SMILES string of the molecule is COc1cc(C)ccc1C(=O)N/N=C\c1cc(I)c(OS(=O)(=O)c2ccc(C)cc2)c(OC)c1. The molecular weight excluding hydrogens is 571 g/mol. The smallest absolute Gasteiger partial charge is 0.339 e. The molecule has 0 radical (unpaired) electrons. The normalized spacial score (nSPS) is 11.3. The Morgan fingerprint density at radius 3 is 2.24 bits per heavy atom. The van der Waals surface area contributed by atoms with Crippen LogP contribution in [0.5, 0.6) is 17.2 Å². The van der Waals surface area contributed by atoms with E-state index in [1.54, 1.807) is 42.5 Å². The highest BCUT2D eigenvalue weighted by atomic mass is 127. The average Bonchev–Trinajstić information content (AvgIpc) is 2.80. The Bertz CT molecular complexity index is 1340. The van der Waals surface area contributed by atoms with Crippen molar-refractivity contribution >= 4 is 44.8 Å². The van der Waals surface area contributed by atoms with Crippen molar-refractivity contribution in [1.82, 2.24) is 5.43 Å². The third-order valence-electron chi connectivity index (χ3n) is 4.74. The number of ether oxygens (including phenoxy) is 2. The maximum absolute atomic E-state index is 12.7. The highest BCUT2D eigenvalue weighted by molar-refractivity contribution is 14.1. The summed E-state index contributed by atoms with van der Waals surface area (Å²) >= 11 is 1.95. The van der Waals surface area contributed by atoms with E-state index in [1.807, 2.05) is 36.4 Å². The van der Waals surface area contributed by atoms with Gasteiger partial charge in [-0.2, -0.15) is 13.5 Å². The van der Waals surface area contributed by atoms with Crippen molar-refractivity contribution in [3.8, 4) is 17.2 Å². The number of hydrazone groups is 1. The van der Waals surface area contributed by atoms with Gasteiger partial charge in [0.15, 0.2) is 11.5 Å². The first-order valence-corrected chi connectivity index (χ1v) is 12.5. The minimum atomic E-state index is -4.05. The fraction of sp³-hybridized carbons (Fsp3) is 0.167. The second-order valence-electron chi connectivity index (χ2n) is 7.29. The Kier molecular flexibility index (Phi) is 8.15. The molecule has 0 saturated heterocycles. The summed E-state index contributed by atoms with van der Waals surface area (Å²) in [5, 5.41) is 3.99. The second-order valence-corrected chi connectivity index (χ2v) is 10.00. The van der Waals surface area contributed by atoms with E-state index in [9.17, 15) is 13.2 Å². The molecule has 0 bridgehead atoms. The Hall–Kier alpha value is -3.12. The molecule has 8 nitrogen and oxygen atoms in total. The first-order valence-electron chi connectivity index (χ1n) is 10.0. The third kappa shape index (κ3) is 6.06. The van der Waals surface area contributed by atoms with Gasteiger partial charge >= 0.3 is 10.1 Å². The molecule has 3 aromatic rings. The lowest BCUT2D eigenvalue weighted by molar-refractivity contribution is 0.0952. The van der Waals surface area contributed by atoms with Crippen LogP contribution in [-0.2, 0) is 10.1 Å². The van der Waals surface area contributed by atoms with E-state index in [2.05, 4.69) is 10.5 Å². The molecule has 3 aromatic carbocycles. The van der Waals surface area contributed by atoms with Crippen LogP contribution in [0.1, 0.15) is 27.0 Å². The number of carbonyl (C=O) groups is 1. The molecule has 0 unspecified atom stereocenters. The number of aryl methyl sites for hydroxylation is 2. The van der Waals surface area contributed by atoms with Crippen LogP contribution in [0, 0.1) is 17.4 Å². The number of hydrogen-bond donors (Lipinski definition) is 1. The topological polar surface area (TPSA) is 103 Å². The van der Waals surface area contributed by atoms with Crippen LogP contribution in [0.2, 0.25) is 0 Å². The summed E-state index contributed by atoms with van der Waals surface area (Å²) in [6.45, 7) is 3.76. The van der Waals surface area contributed by atoms with Crippen LogP contribution in [0.25, 0.3) is 0 Å². The van der Waals surface area contributed by atoms with Gasteiger partial charge in [0.05, 0.1) is 29.6 Å². The van der Waals surface area contributed by atoms with Crippen LogP contribution in [0.15, 0.2) is 64.6 Å². The summed E-state index contributed by atoms with van der Waals surface area (Å²) in [5.41, 5.74) is 5.27. The van der Waals surface area contributed by atoms with E-state index in [1.165, 1.54) is 32.6 Å². The summed E-state index contributed by atoms with van der Waals surface area (Å²) < 4.78 is 41.9. The van der Waals surface area contributed by atoms with Crippen molar-refractivity contribution in [2.24, 2.45) is 5.10 Å².